The summed E-state index contributed by atoms with van der Waals surface area (Å²) < 4.78 is 5.69. The van der Waals surface area contributed by atoms with E-state index in [1.54, 1.807) is 56.3 Å². The quantitative estimate of drug-likeness (QED) is 0.882. The van der Waals surface area contributed by atoms with Gasteiger partial charge in [0, 0.05) is 10.6 Å². The minimum Gasteiger partial charge on any atom is -0.476 e. The molecule has 23 heavy (non-hydrogen) atoms. The normalized spacial score (nSPS) is 15.2. The molecular formula is C17H15ClN2O3. The summed E-state index contributed by atoms with van der Waals surface area (Å²) in [5.41, 5.74) is 0.393. The molecule has 2 aromatic carbocycles. The van der Waals surface area contributed by atoms with Crippen LogP contribution in [0.5, 0.6) is 5.75 Å². The van der Waals surface area contributed by atoms with Crippen LogP contribution in [0.4, 0.5) is 11.4 Å². The third-order valence-corrected chi connectivity index (χ3v) is 3.75. The number of nitrogens with one attached hydrogen (secondary N) is 2. The third-order valence-electron chi connectivity index (χ3n) is 3.51. The van der Waals surface area contributed by atoms with Gasteiger partial charge in [-0.2, -0.15) is 0 Å². The number of amides is 2. The molecule has 0 unspecified atom stereocenters. The lowest BCUT2D eigenvalue weighted by molar-refractivity contribution is -0.129. The fourth-order valence-electron chi connectivity index (χ4n) is 2.26. The van der Waals surface area contributed by atoms with Gasteiger partial charge in [0.25, 0.3) is 11.8 Å². The Balaban J connectivity index is 1.91. The first-order valence-corrected chi connectivity index (χ1v) is 7.45. The number of hydrogen-bond acceptors (Lipinski definition) is 3. The van der Waals surface area contributed by atoms with Gasteiger partial charge in [-0.15, -0.1) is 0 Å². The summed E-state index contributed by atoms with van der Waals surface area (Å²) in [6.07, 6.45) is 0. The highest BCUT2D eigenvalue weighted by Crippen LogP contribution is 2.39. The monoisotopic (exact) mass is 330 g/mol. The molecule has 2 amide bonds. The van der Waals surface area contributed by atoms with Gasteiger partial charge in [-0.1, -0.05) is 23.7 Å². The van der Waals surface area contributed by atoms with Crippen molar-refractivity contribution in [1.29, 1.82) is 0 Å². The number of para-hydroxylation sites is 1. The number of halogens is 1. The van der Waals surface area contributed by atoms with Gasteiger partial charge in [0.05, 0.1) is 5.69 Å². The van der Waals surface area contributed by atoms with Crippen molar-refractivity contribution < 1.29 is 14.3 Å². The molecule has 1 aliphatic heterocycles. The Morgan fingerprint density at radius 2 is 1.96 bits per heavy atom. The molecule has 0 spiro atoms. The molecule has 0 bridgehead atoms. The summed E-state index contributed by atoms with van der Waals surface area (Å²) in [6, 6.07) is 11.8. The molecule has 0 radical (unpaired) electrons. The molecular weight excluding hydrogens is 316 g/mol. The molecule has 0 aromatic heterocycles. The summed E-state index contributed by atoms with van der Waals surface area (Å²) in [4.78, 5) is 24.4. The number of carbonyl (C=O) groups excluding carboxylic acids is 2. The van der Waals surface area contributed by atoms with Crippen LogP contribution in [0.2, 0.25) is 5.02 Å². The van der Waals surface area contributed by atoms with E-state index in [2.05, 4.69) is 10.6 Å². The molecule has 118 valence electrons. The van der Waals surface area contributed by atoms with Gasteiger partial charge in [-0.3, -0.25) is 9.59 Å². The van der Waals surface area contributed by atoms with Crippen molar-refractivity contribution in [3.8, 4) is 5.75 Å². The molecule has 0 atom stereocenters. The maximum absolute atomic E-state index is 12.3. The van der Waals surface area contributed by atoms with Gasteiger partial charge in [0.1, 0.15) is 11.4 Å². The summed E-state index contributed by atoms with van der Waals surface area (Å²) in [6.45, 7) is 3.37. The molecule has 0 fully saturated rings. The molecule has 1 heterocycles. The van der Waals surface area contributed by atoms with E-state index in [1.165, 1.54) is 0 Å². The number of rotatable bonds is 2. The topological polar surface area (TPSA) is 67.4 Å². The minimum atomic E-state index is -0.956. The first kappa shape index (κ1) is 15.4. The van der Waals surface area contributed by atoms with E-state index in [0.29, 0.717) is 27.7 Å². The van der Waals surface area contributed by atoms with E-state index < -0.39 is 5.60 Å². The standard InChI is InChI=1S/C17H15ClN2O3/c1-17(2)16(22)20-14-12(7-4-8-13(14)23-17)19-15(21)10-5-3-6-11(18)9-10/h3-9H,1-2H3,(H,19,21)(H,20,22). The lowest BCUT2D eigenvalue weighted by Crippen LogP contribution is -2.45. The Kier molecular flexibility index (Phi) is 3.74. The highest BCUT2D eigenvalue weighted by atomic mass is 35.5. The fraction of sp³-hybridized carbons (Fsp3) is 0.176. The highest BCUT2D eigenvalue weighted by Gasteiger charge is 2.36. The summed E-state index contributed by atoms with van der Waals surface area (Å²) in [5.74, 6) is -0.0760. The molecule has 0 saturated carbocycles. The second kappa shape index (κ2) is 5.59. The van der Waals surface area contributed by atoms with Crippen LogP contribution in [-0.2, 0) is 4.79 Å². The molecule has 6 heteroatoms. The second-order valence-corrected chi connectivity index (χ2v) is 6.15. The molecule has 3 rings (SSSR count). The Labute approximate surface area is 138 Å². The summed E-state index contributed by atoms with van der Waals surface area (Å²) in [7, 11) is 0. The molecule has 2 aromatic rings. The maximum Gasteiger partial charge on any atom is 0.268 e. The maximum atomic E-state index is 12.3. The van der Waals surface area contributed by atoms with Crippen LogP contribution in [0.15, 0.2) is 42.5 Å². The van der Waals surface area contributed by atoms with Gasteiger partial charge < -0.3 is 15.4 Å². The van der Waals surface area contributed by atoms with Crippen molar-refractivity contribution in [3.05, 3.63) is 53.1 Å². The SMILES string of the molecule is CC1(C)Oc2cccc(NC(=O)c3cccc(Cl)c3)c2NC1=O. The van der Waals surface area contributed by atoms with E-state index in [-0.39, 0.29) is 11.8 Å². The summed E-state index contributed by atoms with van der Waals surface area (Å²) in [5, 5.41) is 6.03. The predicted molar refractivity (Wildman–Crippen MR) is 89.2 cm³/mol. The molecule has 0 saturated heterocycles. The summed E-state index contributed by atoms with van der Waals surface area (Å²) >= 11 is 5.90. The third kappa shape index (κ3) is 3.00. The number of anilines is 2. The van der Waals surface area contributed by atoms with Crippen LogP contribution in [-0.4, -0.2) is 17.4 Å². The zero-order valence-electron chi connectivity index (χ0n) is 12.6. The number of ether oxygens (including phenoxy) is 1. The minimum absolute atomic E-state index is 0.269. The highest BCUT2D eigenvalue weighted by molar-refractivity contribution is 6.31. The molecule has 5 nitrogen and oxygen atoms in total. The van der Waals surface area contributed by atoms with Gasteiger partial charge in [-0.05, 0) is 44.2 Å². The Morgan fingerprint density at radius 3 is 2.70 bits per heavy atom. The lowest BCUT2D eigenvalue weighted by atomic mass is 10.1. The number of benzene rings is 2. The zero-order chi connectivity index (χ0) is 16.6. The number of fused-ring (bicyclic) bond motifs is 1. The Bertz CT molecular complexity index is 802. The van der Waals surface area contributed by atoms with Gasteiger partial charge in [0.2, 0.25) is 0 Å². The molecule has 1 aliphatic rings. The Hall–Kier alpha value is -2.53. The van der Waals surface area contributed by atoms with E-state index in [9.17, 15) is 9.59 Å². The van der Waals surface area contributed by atoms with Crippen LogP contribution in [0.1, 0.15) is 24.2 Å². The first-order valence-electron chi connectivity index (χ1n) is 7.07. The van der Waals surface area contributed by atoms with Gasteiger partial charge >= 0.3 is 0 Å². The number of hydrogen-bond donors (Lipinski definition) is 2. The van der Waals surface area contributed by atoms with Crippen LogP contribution in [0, 0.1) is 0 Å². The molecule has 2 N–H and O–H groups in total. The average Bonchev–Trinajstić information content (AvgIpc) is 2.49. The van der Waals surface area contributed by atoms with Crippen LogP contribution < -0.4 is 15.4 Å². The van der Waals surface area contributed by atoms with Crippen molar-refractivity contribution in [1.82, 2.24) is 0 Å². The van der Waals surface area contributed by atoms with Crippen LogP contribution in [0.25, 0.3) is 0 Å². The van der Waals surface area contributed by atoms with E-state index in [4.69, 9.17) is 16.3 Å². The van der Waals surface area contributed by atoms with Crippen molar-refractivity contribution in [2.45, 2.75) is 19.4 Å². The fourth-order valence-corrected chi connectivity index (χ4v) is 2.45. The van der Waals surface area contributed by atoms with Crippen LogP contribution in [0.3, 0.4) is 0 Å². The van der Waals surface area contributed by atoms with Crippen molar-refractivity contribution in [2.75, 3.05) is 10.6 Å². The predicted octanol–water partition coefficient (Wildman–Crippen LogP) is 3.70. The first-order chi connectivity index (χ1) is 10.9. The second-order valence-electron chi connectivity index (χ2n) is 5.71. The Morgan fingerprint density at radius 1 is 1.22 bits per heavy atom. The number of carbonyl (C=O) groups is 2. The van der Waals surface area contributed by atoms with E-state index in [1.807, 2.05) is 0 Å². The zero-order valence-corrected chi connectivity index (χ0v) is 13.4. The van der Waals surface area contributed by atoms with E-state index >= 15 is 0 Å². The van der Waals surface area contributed by atoms with Crippen LogP contribution >= 0.6 is 11.6 Å². The van der Waals surface area contributed by atoms with Gasteiger partial charge in [0.15, 0.2) is 5.60 Å². The van der Waals surface area contributed by atoms with Crippen molar-refractivity contribution in [3.63, 3.8) is 0 Å². The van der Waals surface area contributed by atoms with E-state index in [0.717, 1.165) is 0 Å². The van der Waals surface area contributed by atoms with Crippen molar-refractivity contribution in [2.24, 2.45) is 0 Å². The van der Waals surface area contributed by atoms with Gasteiger partial charge in [-0.25, -0.2) is 0 Å². The smallest absolute Gasteiger partial charge is 0.268 e. The lowest BCUT2D eigenvalue weighted by Gasteiger charge is -2.32. The molecule has 0 aliphatic carbocycles. The largest absolute Gasteiger partial charge is 0.476 e. The van der Waals surface area contributed by atoms with Crippen molar-refractivity contribution >= 4 is 34.8 Å². The average molecular weight is 331 g/mol.